The molecular weight excluding hydrogens is 358 g/mol. The van der Waals surface area contributed by atoms with E-state index in [4.69, 9.17) is 4.74 Å². The van der Waals surface area contributed by atoms with E-state index in [1.54, 1.807) is 24.1 Å². The summed E-state index contributed by atoms with van der Waals surface area (Å²) in [5, 5.41) is 20.5. The van der Waals surface area contributed by atoms with Gasteiger partial charge < -0.3 is 15.2 Å². The van der Waals surface area contributed by atoms with E-state index in [0.29, 0.717) is 24.7 Å². The van der Waals surface area contributed by atoms with Gasteiger partial charge in [-0.3, -0.25) is 10.00 Å². The van der Waals surface area contributed by atoms with Crippen molar-refractivity contribution in [2.24, 2.45) is 0 Å². The SMILES string of the molecule is COCCCn1ncc2cc(NC(=O)NC(C)c3ccccc3)nc(CO)c21. The summed E-state index contributed by atoms with van der Waals surface area (Å²) in [6.07, 6.45) is 2.51. The van der Waals surface area contributed by atoms with E-state index < -0.39 is 0 Å². The van der Waals surface area contributed by atoms with Gasteiger partial charge in [-0.15, -0.1) is 0 Å². The van der Waals surface area contributed by atoms with E-state index >= 15 is 0 Å². The molecule has 1 unspecified atom stereocenters. The molecule has 0 fully saturated rings. The standard InChI is InChI=1S/C20H25N5O3/c1-14(15-7-4-3-5-8-15)22-20(27)24-18-11-16-12-21-25(9-6-10-28-2)19(16)17(13-26)23-18/h3-5,7-8,11-12,14,26H,6,9-10,13H2,1-2H3,(H2,22,23,24,27). The lowest BCUT2D eigenvalue weighted by molar-refractivity contribution is 0.189. The summed E-state index contributed by atoms with van der Waals surface area (Å²) in [5.41, 5.74) is 2.25. The van der Waals surface area contributed by atoms with E-state index in [9.17, 15) is 9.90 Å². The van der Waals surface area contributed by atoms with Crippen molar-refractivity contribution in [2.45, 2.75) is 32.5 Å². The number of aliphatic hydroxyl groups is 1. The van der Waals surface area contributed by atoms with E-state index in [2.05, 4.69) is 20.7 Å². The Morgan fingerprint density at radius 3 is 2.82 bits per heavy atom. The third-order valence-corrected chi connectivity index (χ3v) is 4.45. The number of amides is 2. The van der Waals surface area contributed by atoms with Crippen LogP contribution >= 0.6 is 0 Å². The second-order valence-corrected chi connectivity index (χ2v) is 6.50. The third-order valence-electron chi connectivity index (χ3n) is 4.45. The minimum absolute atomic E-state index is 0.147. The fraction of sp³-hybridized carbons (Fsp3) is 0.350. The number of methoxy groups -OCH3 is 1. The zero-order valence-electron chi connectivity index (χ0n) is 16.1. The lowest BCUT2D eigenvalue weighted by Gasteiger charge is -2.15. The van der Waals surface area contributed by atoms with Crippen molar-refractivity contribution in [1.29, 1.82) is 0 Å². The number of rotatable bonds is 8. The molecule has 0 bridgehead atoms. The number of benzene rings is 1. The number of urea groups is 1. The number of nitrogens with zero attached hydrogens (tertiary/aromatic N) is 3. The maximum absolute atomic E-state index is 12.4. The van der Waals surface area contributed by atoms with Crippen molar-refractivity contribution in [1.82, 2.24) is 20.1 Å². The highest BCUT2D eigenvalue weighted by Gasteiger charge is 2.14. The van der Waals surface area contributed by atoms with E-state index in [1.165, 1.54) is 0 Å². The van der Waals surface area contributed by atoms with Crippen LogP contribution in [0.1, 0.15) is 30.6 Å². The third kappa shape index (κ3) is 4.65. The lowest BCUT2D eigenvalue weighted by Crippen LogP contribution is -2.31. The Balaban J connectivity index is 1.73. The highest BCUT2D eigenvalue weighted by atomic mass is 16.5. The highest BCUT2D eigenvalue weighted by molar-refractivity contribution is 5.92. The molecule has 2 amide bonds. The molecule has 28 heavy (non-hydrogen) atoms. The van der Waals surface area contributed by atoms with Crippen LogP contribution in [0.2, 0.25) is 0 Å². The maximum atomic E-state index is 12.4. The minimum atomic E-state index is -0.362. The molecule has 0 radical (unpaired) electrons. The highest BCUT2D eigenvalue weighted by Crippen LogP contribution is 2.22. The summed E-state index contributed by atoms with van der Waals surface area (Å²) in [4.78, 5) is 16.7. The molecule has 0 aliphatic heterocycles. The van der Waals surface area contributed by atoms with Gasteiger partial charge in [0, 0.05) is 25.6 Å². The van der Waals surface area contributed by atoms with Crippen molar-refractivity contribution in [3.8, 4) is 0 Å². The van der Waals surface area contributed by atoms with Crippen molar-refractivity contribution in [3.63, 3.8) is 0 Å². The summed E-state index contributed by atoms with van der Waals surface area (Å²) >= 11 is 0. The Labute approximate surface area is 163 Å². The summed E-state index contributed by atoms with van der Waals surface area (Å²) in [5.74, 6) is 0.366. The summed E-state index contributed by atoms with van der Waals surface area (Å²) in [6.45, 7) is 2.95. The van der Waals surface area contributed by atoms with Crippen LogP contribution in [0.15, 0.2) is 42.6 Å². The van der Waals surface area contributed by atoms with Crippen LogP contribution in [0.25, 0.3) is 10.9 Å². The Kier molecular flexibility index (Phi) is 6.57. The number of carbonyl (C=O) groups excluding carboxylic acids is 1. The molecule has 148 valence electrons. The second-order valence-electron chi connectivity index (χ2n) is 6.50. The Morgan fingerprint density at radius 2 is 2.11 bits per heavy atom. The van der Waals surface area contributed by atoms with Crippen LogP contribution in [0, 0.1) is 0 Å². The predicted molar refractivity (Wildman–Crippen MR) is 107 cm³/mol. The number of hydrogen-bond donors (Lipinski definition) is 3. The molecule has 3 N–H and O–H groups in total. The van der Waals surface area contributed by atoms with Gasteiger partial charge in [-0.25, -0.2) is 9.78 Å². The molecule has 3 rings (SSSR count). The van der Waals surface area contributed by atoms with Crippen molar-refractivity contribution in [2.75, 3.05) is 19.0 Å². The number of anilines is 1. The van der Waals surface area contributed by atoms with Gasteiger partial charge in [0.15, 0.2) is 0 Å². The Morgan fingerprint density at radius 1 is 1.32 bits per heavy atom. The summed E-state index contributed by atoms with van der Waals surface area (Å²) in [7, 11) is 1.66. The van der Waals surface area contributed by atoms with Gasteiger partial charge in [0.25, 0.3) is 0 Å². The molecule has 2 aromatic heterocycles. The number of nitrogens with one attached hydrogen (secondary N) is 2. The first kappa shape index (κ1) is 19.8. The van der Waals surface area contributed by atoms with Crippen LogP contribution in [-0.2, 0) is 17.9 Å². The van der Waals surface area contributed by atoms with Gasteiger partial charge in [0.1, 0.15) is 5.82 Å². The Hall–Kier alpha value is -2.97. The normalized spacial score (nSPS) is 12.1. The number of pyridine rings is 1. The number of ether oxygens (including phenoxy) is 1. The van der Waals surface area contributed by atoms with Crippen molar-refractivity contribution >= 4 is 22.8 Å². The van der Waals surface area contributed by atoms with Gasteiger partial charge in [-0.2, -0.15) is 5.10 Å². The molecule has 0 spiro atoms. The van der Waals surface area contributed by atoms with Crippen LogP contribution < -0.4 is 10.6 Å². The molecule has 0 aliphatic rings. The van der Waals surface area contributed by atoms with Gasteiger partial charge in [0.2, 0.25) is 0 Å². The van der Waals surface area contributed by atoms with Crippen molar-refractivity contribution < 1.29 is 14.6 Å². The Bertz CT molecular complexity index is 926. The minimum Gasteiger partial charge on any atom is -0.390 e. The van der Waals surface area contributed by atoms with Gasteiger partial charge in [0.05, 0.1) is 30.1 Å². The fourth-order valence-corrected chi connectivity index (χ4v) is 3.08. The van der Waals surface area contributed by atoms with Gasteiger partial charge in [-0.1, -0.05) is 30.3 Å². The van der Waals surface area contributed by atoms with Crippen LogP contribution in [-0.4, -0.2) is 39.6 Å². The molecule has 8 nitrogen and oxygen atoms in total. The molecule has 1 atom stereocenters. The molecular formula is C20H25N5O3. The fourth-order valence-electron chi connectivity index (χ4n) is 3.08. The van der Waals surface area contributed by atoms with Crippen LogP contribution in [0.3, 0.4) is 0 Å². The number of hydrogen-bond acceptors (Lipinski definition) is 5. The van der Waals surface area contributed by atoms with Gasteiger partial charge in [-0.05, 0) is 25.0 Å². The van der Waals surface area contributed by atoms with E-state index in [1.807, 2.05) is 37.3 Å². The number of aliphatic hydroxyl groups excluding tert-OH is 1. The summed E-state index contributed by atoms with van der Waals surface area (Å²) < 4.78 is 6.87. The number of aromatic nitrogens is 3. The molecule has 3 aromatic rings. The summed E-state index contributed by atoms with van der Waals surface area (Å²) in [6, 6.07) is 10.9. The quantitative estimate of drug-likeness (QED) is 0.519. The van der Waals surface area contributed by atoms with Crippen molar-refractivity contribution in [3.05, 3.63) is 53.9 Å². The first-order valence-electron chi connectivity index (χ1n) is 9.20. The monoisotopic (exact) mass is 383 g/mol. The average molecular weight is 383 g/mol. The van der Waals surface area contributed by atoms with E-state index in [0.717, 1.165) is 22.9 Å². The number of fused-ring (bicyclic) bond motifs is 1. The maximum Gasteiger partial charge on any atom is 0.320 e. The lowest BCUT2D eigenvalue weighted by atomic mass is 10.1. The zero-order valence-corrected chi connectivity index (χ0v) is 16.1. The smallest absolute Gasteiger partial charge is 0.320 e. The van der Waals surface area contributed by atoms with Gasteiger partial charge >= 0.3 is 6.03 Å². The zero-order chi connectivity index (χ0) is 19.9. The molecule has 2 heterocycles. The molecule has 0 saturated heterocycles. The largest absolute Gasteiger partial charge is 0.390 e. The number of carbonyl (C=O) groups is 1. The molecule has 8 heteroatoms. The van der Waals surface area contributed by atoms with E-state index in [-0.39, 0.29) is 18.7 Å². The average Bonchev–Trinajstić information content (AvgIpc) is 3.11. The predicted octanol–water partition coefficient (Wildman–Crippen LogP) is 2.84. The number of aryl methyl sites for hydroxylation is 1. The second kappa shape index (κ2) is 9.29. The first-order chi connectivity index (χ1) is 13.6. The molecule has 0 saturated carbocycles. The topological polar surface area (TPSA) is 101 Å². The first-order valence-corrected chi connectivity index (χ1v) is 9.20. The van der Waals surface area contributed by atoms with Crippen LogP contribution in [0.4, 0.5) is 10.6 Å². The van der Waals surface area contributed by atoms with Crippen LogP contribution in [0.5, 0.6) is 0 Å². The molecule has 1 aromatic carbocycles. The molecule has 0 aliphatic carbocycles.